The SMILES string of the molecule is Fc1ccc(-c2nnc(Nc3ccccc3)c3ccccc23)cc1. The summed E-state index contributed by atoms with van der Waals surface area (Å²) in [5.41, 5.74) is 2.53. The van der Waals surface area contributed by atoms with E-state index in [-0.39, 0.29) is 5.82 Å². The molecule has 0 saturated carbocycles. The van der Waals surface area contributed by atoms with Crippen LogP contribution in [0, 0.1) is 5.82 Å². The number of nitrogens with zero attached hydrogens (tertiary/aromatic N) is 2. The molecule has 0 fully saturated rings. The molecule has 0 spiro atoms. The van der Waals surface area contributed by atoms with Crippen molar-refractivity contribution in [2.75, 3.05) is 5.32 Å². The molecule has 0 radical (unpaired) electrons. The van der Waals surface area contributed by atoms with Crippen LogP contribution in [0.4, 0.5) is 15.9 Å². The first-order valence-electron chi connectivity index (χ1n) is 7.65. The number of hydrogen-bond acceptors (Lipinski definition) is 3. The molecule has 0 aliphatic heterocycles. The third kappa shape index (κ3) is 2.70. The average molecular weight is 315 g/mol. The molecule has 0 atom stereocenters. The minimum Gasteiger partial charge on any atom is -0.338 e. The molecule has 4 aromatic rings. The second kappa shape index (κ2) is 6.08. The van der Waals surface area contributed by atoms with E-state index in [2.05, 4.69) is 15.5 Å². The van der Waals surface area contributed by atoms with Crippen LogP contribution in [0.5, 0.6) is 0 Å². The van der Waals surface area contributed by atoms with Gasteiger partial charge in [-0.25, -0.2) is 4.39 Å². The van der Waals surface area contributed by atoms with E-state index in [0.29, 0.717) is 5.82 Å². The van der Waals surface area contributed by atoms with E-state index in [4.69, 9.17) is 0 Å². The lowest BCUT2D eigenvalue weighted by Crippen LogP contribution is -1.99. The second-order valence-corrected chi connectivity index (χ2v) is 5.44. The van der Waals surface area contributed by atoms with Crippen LogP contribution in [0.1, 0.15) is 0 Å². The van der Waals surface area contributed by atoms with Crippen LogP contribution in [-0.2, 0) is 0 Å². The van der Waals surface area contributed by atoms with Crippen molar-refractivity contribution < 1.29 is 4.39 Å². The number of fused-ring (bicyclic) bond motifs is 1. The lowest BCUT2D eigenvalue weighted by Gasteiger charge is -2.11. The first-order valence-corrected chi connectivity index (χ1v) is 7.65. The highest BCUT2D eigenvalue weighted by molar-refractivity contribution is 6.00. The molecule has 0 aliphatic rings. The predicted molar refractivity (Wildman–Crippen MR) is 94.7 cm³/mol. The topological polar surface area (TPSA) is 37.8 Å². The third-order valence-electron chi connectivity index (χ3n) is 3.84. The summed E-state index contributed by atoms with van der Waals surface area (Å²) in [7, 11) is 0. The fourth-order valence-electron chi connectivity index (χ4n) is 2.68. The number of hydrogen-bond donors (Lipinski definition) is 1. The highest BCUT2D eigenvalue weighted by atomic mass is 19.1. The molecule has 0 bridgehead atoms. The van der Waals surface area contributed by atoms with Gasteiger partial charge in [-0.2, -0.15) is 0 Å². The first-order chi connectivity index (χ1) is 11.8. The van der Waals surface area contributed by atoms with E-state index >= 15 is 0 Å². The minimum absolute atomic E-state index is 0.265. The van der Waals surface area contributed by atoms with Crippen LogP contribution in [0.2, 0.25) is 0 Å². The van der Waals surface area contributed by atoms with Crippen LogP contribution in [0.15, 0.2) is 78.9 Å². The monoisotopic (exact) mass is 315 g/mol. The van der Waals surface area contributed by atoms with E-state index in [0.717, 1.165) is 27.7 Å². The Labute approximate surface area is 138 Å². The van der Waals surface area contributed by atoms with Crippen LogP contribution in [-0.4, -0.2) is 10.2 Å². The largest absolute Gasteiger partial charge is 0.338 e. The van der Waals surface area contributed by atoms with Crippen LogP contribution >= 0.6 is 0 Å². The van der Waals surface area contributed by atoms with Crippen molar-refractivity contribution >= 4 is 22.3 Å². The molecule has 4 heteroatoms. The zero-order valence-corrected chi connectivity index (χ0v) is 12.8. The lowest BCUT2D eigenvalue weighted by molar-refractivity contribution is 0.628. The van der Waals surface area contributed by atoms with Gasteiger partial charge in [0, 0.05) is 22.0 Å². The fraction of sp³-hybridized carbons (Fsp3) is 0. The summed E-state index contributed by atoms with van der Waals surface area (Å²) in [4.78, 5) is 0. The van der Waals surface area contributed by atoms with Crippen molar-refractivity contribution in [2.45, 2.75) is 0 Å². The van der Waals surface area contributed by atoms with Gasteiger partial charge in [-0.05, 0) is 36.4 Å². The molecule has 4 rings (SSSR count). The van der Waals surface area contributed by atoms with E-state index in [9.17, 15) is 4.39 Å². The summed E-state index contributed by atoms with van der Waals surface area (Å²) < 4.78 is 13.2. The van der Waals surface area contributed by atoms with E-state index in [1.54, 1.807) is 12.1 Å². The Bertz CT molecular complexity index is 983. The molecule has 1 aromatic heterocycles. The zero-order valence-electron chi connectivity index (χ0n) is 12.8. The number of rotatable bonds is 3. The summed E-state index contributed by atoms with van der Waals surface area (Å²) >= 11 is 0. The molecular formula is C20H14FN3. The smallest absolute Gasteiger partial charge is 0.161 e. The van der Waals surface area contributed by atoms with Gasteiger partial charge in [0.05, 0.1) is 0 Å². The first kappa shape index (κ1) is 14.3. The number of aromatic nitrogens is 2. The summed E-state index contributed by atoms with van der Waals surface area (Å²) in [6.45, 7) is 0. The Morgan fingerprint density at radius 3 is 2.08 bits per heavy atom. The van der Waals surface area contributed by atoms with Gasteiger partial charge in [0.15, 0.2) is 5.82 Å². The maximum atomic E-state index is 13.2. The zero-order chi connectivity index (χ0) is 16.4. The summed E-state index contributed by atoms with van der Waals surface area (Å²) in [5, 5.41) is 14.0. The average Bonchev–Trinajstić information content (AvgIpc) is 2.64. The van der Waals surface area contributed by atoms with E-state index in [1.165, 1.54) is 12.1 Å². The number of para-hydroxylation sites is 1. The molecule has 0 aliphatic carbocycles. The highest BCUT2D eigenvalue weighted by Crippen LogP contribution is 2.30. The van der Waals surface area contributed by atoms with E-state index in [1.807, 2.05) is 54.6 Å². The standard InChI is InChI=1S/C20H14FN3/c21-15-12-10-14(11-13-15)19-17-8-4-5-9-18(17)20(24-23-19)22-16-6-2-1-3-7-16/h1-13H,(H,22,24). The number of benzene rings is 3. The number of anilines is 2. The van der Waals surface area contributed by atoms with Crippen molar-refractivity contribution in [1.82, 2.24) is 10.2 Å². The Morgan fingerprint density at radius 1 is 0.667 bits per heavy atom. The summed E-state index contributed by atoms with van der Waals surface area (Å²) in [6, 6.07) is 24.1. The highest BCUT2D eigenvalue weighted by Gasteiger charge is 2.11. The van der Waals surface area contributed by atoms with Crippen molar-refractivity contribution in [3.8, 4) is 11.3 Å². The molecule has 1 heterocycles. The maximum absolute atomic E-state index is 13.2. The second-order valence-electron chi connectivity index (χ2n) is 5.44. The van der Waals surface area contributed by atoms with Crippen molar-refractivity contribution in [1.29, 1.82) is 0 Å². The fourth-order valence-corrected chi connectivity index (χ4v) is 2.68. The van der Waals surface area contributed by atoms with Crippen LogP contribution in [0.3, 0.4) is 0 Å². The molecule has 116 valence electrons. The third-order valence-corrected chi connectivity index (χ3v) is 3.84. The maximum Gasteiger partial charge on any atom is 0.161 e. The molecule has 3 aromatic carbocycles. The van der Waals surface area contributed by atoms with Gasteiger partial charge in [-0.1, -0.05) is 42.5 Å². The number of halogens is 1. The van der Waals surface area contributed by atoms with Gasteiger partial charge < -0.3 is 5.32 Å². The molecule has 1 N–H and O–H groups in total. The Morgan fingerprint density at radius 2 is 1.33 bits per heavy atom. The summed E-state index contributed by atoms with van der Waals surface area (Å²) in [5.74, 6) is 0.432. The molecular weight excluding hydrogens is 301 g/mol. The molecule has 3 nitrogen and oxygen atoms in total. The van der Waals surface area contributed by atoms with Gasteiger partial charge >= 0.3 is 0 Å². The van der Waals surface area contributed by atoms with Gasteiger partial charge in [0.1, 0.15) is 11.5 Å². The Kier molecular flexibility index (Phi) is 3.63. The number of nitrogens with one attached hydrogen (secondary N) is 1. The van der Waals surface area contributed by atoms with Gasteiger partial charge in [0.25, 0.3) is 0 Å². The quantitative estimate of drug-likeness (QED) is 0.566. The summed E-state index contributed by atoms with van der Waals surface area (Å²) in [6.07, 6.45) is 0. The molecule has 0 unspecified atom stereocenters. The van der Waals surface area contributed by atoms with Crippen molar-refractivity contribution in [3.63, 3.8) is 0 Å². The van der Waals surface area contributed by atoms with E-state index < -0.39 is 0 Å². The van der Waals surface area contributed by atoms with Crippen molar-refractivity contribution in [3.05, 3.63) is 84.7 Å². The molecule has 0 amide bonds. The van der Waals surface area contributed by atoms with Gasteiger partial charge in [0.2, 0.25) is 0 Å². The predicted octanol–water partition coefficient (Wildman–Crippen LogP) is 5.18. The normalized spacial score (nSPS) is 10.7. The van der Waals surface area contributed by atoms with Crippen LogP contribution in [0.25, 0.3) is 22.0 Å². The lowest BCUT2D eigenvalue weighted by atomic mass is 10.0. The Balaban J connectivity index is 1.84. The molecule has 24 heavy (non-hydrogen) atoms. The Hall–Kier alpha value is -3.27. The van der Waals surface area contributed by atoms with Gasteiger partial charge in [-0.3, -0.25) is 0 Å². The molecule has 0 saturated heterocycles. The minimum atomic E-state index is -0.265. The van der Waals surface area contributed by atoms with Crippen molar-refractivity contribution in [2.24, 2.45) is 0 Å². The van der Waals surface area contributed by atoms with Gasteiger partial charge in [-0.15, -0.1) is 10.2 Å². The van der Waals surface area contributed by atoms with Crippen LogP contribution < -0.4 is 5.32 Å².